The fourth-order valence-electron chi connectivity index (χ4n) is 2.60. The van der Waals surface area contributed by atoms with Crippen LogP contribution < -0.4 is 25.3 Å². The van der Waals surface area contributed by atoms with Gasteiger partial charge in [-0.2, -0.15) is 0 Å². The van der Waals surface area contributed by atoms with Gasteiger partial charge in [0.25, 0.3) is 11.8 Å². The van der Waals surface area contributed by atoms with Crippen LogP contribution in [0.2, 0.25) is 10.0 Å². The zero-order valence-corrected chi connectivity index (χ0v) is 17.9. The van der Waals surface area contributed by atoms with Crippen molar-refractivity contribution in [2.45, 2.75) is 0 Å². The van der Waals surface area contributed by atoms with Gasteiger partial charge in [-0.05, 0) is 48.5 Å². The molecule has 0 fully saturated rings. The van der Waals surface area contributed by atoms with Crippen molar-refractivity contribution in [3.05, 3.63) is 76.3 Å². The van der Waals surface area contributed by atoms with Gasteiger partial charge < -0.3 is 25.3 Å². The summed E-state index contributed by atoms with van der Waals surface area (Å²) in [5.41, 5.74) is 5.86. The molecule has 0 radical (unpaired) electrons. The molecule has 0 saturated carbocycles. The van der Waals surface area contributed by atoms with Crippen molar-refractivity contribution < 1.29 is 23.8 Å². The Morgan fingerprint density at radius 1 is 0.968 bits per heavy atom. The van der Waals surface area contributed by atoms with Crippen molar-refractivity contribution in [1.29, 1.82) is 0 Å². The Morgan fingerprint density at radius 2 is 1.68 bits per heavy atom. The predicted octanol–water partition coefficient (Wildman–Crippen LogP) is 4.91. The first-order valence-electron chi connectivity index (χ1n) is 9.00. The Labute approximate surface area is 188 Å². The molecule has 0 aromatic heterocycles. The van der Waals surface area contributed by atoms with E-state index in [1.54, 1.807) is 36.4 Å². The Bertz CT molecular complexity index is 1100. The lowest BCUT2D eigenvalue weighted by molar-refractivity contribution is -0.119. The number of primary amides is 1. The first kappa shape index (κ1) is 22.3. The first-order valence-corrected chi connectivity index (χ1v) is 9.75. The van der Waals surface area contributed by atoms with Gasteiger partial charge in [-0.3, -0.25) is 9.59 Å². The van der Waals surface area contributed by atoms with Gasteiger partial charge in [0.1, 0.15) is 11.5 Å². The fourth-order valence-corrected chi connectivity index (χ4v) is 3.04. The van der Waals surface area contributed by atoms with Gasteiger partial charge in [0.05, 0.1) is 17.2 Å². The molecule has 3 aromatic rings. The smallest absolute Gasteiger partial charge is 0.255 e. The first-order chi connectivity index (χ1) is 14.9. The Hall–Kier alpha value is -3.42. The summed E-state index contributed by atoms with van der Waals surface area (Å²) >= 11 is 12.3. The minimum absolute atomic E-state index is 0.106. The molecule has 0 unspecified atom stereocenters. The maximum Gasteiger partial charge on any atom is 0.255 e. The average molecular weight is 461 g/mol. The number of ether oxygens (including phenoxy) is 3. The van der Waals surface area contributed by atoms with Crippen molar-refractivity contribution >= 4 is 40.7 Å². The second-order valence-corrected chi connectivity index (χ2v) is 7.07. The summed E-state index contributed by atoms with van der Waals surface area (Å²) in [6.45, 7) is -0.371. The van der Waals surface area contributed by atoms with Crippen LogP contribution in [0.3, 0.4) is 0 Å². The molecule has 7 nitrogen and oxygen atoms in total. The number of halogens is 2. The van der Waals surface area contributed by atoms with Crippen LogP contribution >= 0.6 is 23.2 Å². The van der Waals surface area contributed by atoms with Crippen molar-refractivity contribution in [2.24, 2.45) is 5.73 Å². The molecule has 3 rings (SSSR count). The van der Waals surface area contributed by atoms with Crippen LogP contribution in [-0.4, -0.2) is 25.5 Å². The van der Waals surface area contributed by atoms with Gasteiger partial charge in [0, 0.05) is 11.3 Å². The third-order valence-electron chi connectivity index (χ3n) is 4.03. The van der Waals surface area contributed by atoms with E-state index in [1.807, 2.05) is 12.1 Å². The van der Waals surface area contributed by atoms with Gasteiger partial charge >= 0.3 is 0 Å². The predicted molar refractivity (Wildman–Crippen MR) is 119 cm³/mol. The number of amides is 2. The van der Waals surface area contributed by atoms with Gasteiger partial charge in [-0.15, -0.1) is 0 Å². The van der Waals surface area contributed by atoms with Crippen molar-refractivity contribution in [3.63, 3.8) is 0 Å². The standard InChI is InChI=1S/C22H18Cl2N2O5/c1-29-19-11-13(10-17(24)21(19)30-12-20(25)27)22(28)26-14-6-8-15(9-7-14)31-18-5-3-2-4-16(18)23/h2-11H,12H2,1H3,(H2,25,27)(H,26,28). The number of para-hydroxylation sites is 1. The lowest BCUT2D eigenvalue weighted by atomic mass is 10.1. The number of nitrogens with one attached hydrogen (secondary N) is 1. The Balaban J connectivity index is 1.71. The molecule has 9 heteroatoms. The molecule has 0 aliphatic rings. The van der Waals surface area contributed by atoms with E-state index in [2.05, 4.69) is 5.32 Å². The summed E-state index contributed by atoms with van der Waals surface area (Å²) in [6, 6.07) is 16.8. The third kappa shape index (κ3) is 5.81. The van der Waals surface area contributed by atoms with Crippen LogP contribution in [0, 0.1) is 0 Å². The van der Waals surface area contributed by atoms with Gasteiger partial charge in [-0.1, -0.05) is 35.3 Å². The van der Waals surface area contributed by atoms with Gasteiger partial charge in [0.2, 0.25) is 0 Å². The summed E-state index contributed by atoms with van der Waals surface area (Å²) in [7, 11) is 1.39. The number of hydrogen-bond acceptors (Lipinski definition) is 5. The van der Waals surface area contributed by atoms with E-state index in [4.69, 9.17) is 43.1 Å². The minimum Gasteiger partial charge on any atom is -0.493 e. The maximum atomic E-state index is 12.6. The van der Waals surface area contributed by atoms with E-state index in [-0.39, 0.29) is 28.7 Å². The number of hydrogen-bond donors (Lipinski definition) is 2. The molecule has 31 heavy (non-hydrogen) atoms. The molecule has 3 N–H and O–H groups in total. The number of carbonyl (C=O) groups is 2. The van der Waals surface area contributed by atoms with Crippen LogP contribution in [0.25, 0.3) is 0 Å². The van der Waals surface area contributed by atoms with E-state index in [1.165, 1.54) is 19.2 Å². The molecule has 0 bridgehead atoms. The molecule has 3 aromatic carbocycles. The number of carbonyl (C=O) groups excluding carboxylic acids is 2. The van der Waals surface area contributed by atoms with Gasteiger partial charge in [-0.25, -0.2) is 0 Å². The highest BCUT2D eigenvalue weighted by Crippen LogP contribution is 2.36. The van der Waals surface area contributed by atoms with Crippen molar-refractivity contribution in [3.8, 4) is 23.0 Å². The summed E-state index contributed by atoms with van der Waals surface area (Å²) in [4.78, 5) is 23.6. The molecule has 0 aliphatic heterocycles. The quantitative estimate of drug-likeness (QED) is 0.497. The van der Waals surface area contributed by atoms with E-state index < -0.39 is 11.8 Å². The van der Waals surface area contributed by atoms with Crippen LogP contribution in [-0.2, 0) is 4.79 Å². The largest absolute Gasteiger partial charge is 0.493 e. The highest BCUT2D eigenvalue weighted by molar-refractivity contribution is 6.33. The van der Waals surface area contributed by atoms with Crippen LogP contribution in [0.1, 0.15) is 10.4 Å². The zero-order valence-electron chi connectivity index (χ0n) is 16.4. The highest BCUT2D eigenvalue weighted by atomic mass is 35.5. The van der Waals surface area contributed by atoms with Crippen molar-refractivity contribution in [2.75, 3.05) is 19.0 Å². The lowest BCUT2D eigenvalue weighted by Crippen LogP contribution is -2.20. The molecule has 160 valence electrons. The molecule has 0 aliphatic carbocycles. The van der Waals surface area contributed by atoms with E-state index in [0.29, 0.717) is 22.2 Å². The molecule has 0 atom stereocenters. The second-order valence-electron chi connectivity index (χ2n) is 6.26. The number of nitrogens with two attached hydrogens (primary N) is 1. The number of methoxy groups -OCH3 is 1. The number of benzene rings is 3. The van der Waals surface area contributed by atoms with Crippen LogP contribution in [0.4, 0.5) is 5.69 Å². The van der Waals surface area contributed by atoms with Crippen LogP contribution in [0.15, 0.2) is 60.7 Å². The molecule has 2 amide bonds. The summed E-state index contributed by atoms with van der Waals surface area (Å²) in [6.07, 6.45) is 0. The lowest BCUT2D eigenvalue weighted by Gasteiger charge is -2.13. The minimum atomic E-state index is -0.665. The average Bonchev–Trinajstić information content (AvgIpc) is 2.75. The zero-order chi connectivity index (χ0) is 22.4. The van der Waals surface area contributed by atoms with Crippen LogP contribution in [0.5, 0.6) is 23.0 Å². The molecular formula is C22H18Cl2N2O5. The topological polar surface area (TPSA) is 99.9 Å². The highest BCUT2D eigenvalue weighted by Gasteiger charge is 2.17. The Kier molecular flexibility index (Phi) is 7.23. The van der Waals surface area contributed by atoms with Crippen molar-refractivity contribution in [1.82, 2.24) is 0 Å². The molecule has 0 spiro atoms. The van der Waals surface area contributed by atoms with E-state index >= 15 is 0 Å². The Morgan fingerprint density at radius 3 is 2.32 bits per heavy atom. The third-order valence-corrected chi connectivity index (χ3v) is 4.62. The summed E-state index contributed by atoms with van der Waals surface area (Å²) < 4.78 is 16.2. The maximum absolute atomic E-state index is 12.6. The fraction of sp³-hybridized carbons (Fsp3) is 0.0909. The SMILES string of the molecule is COc1cc(C(=O)Nc2ccc(Oc3ccccc3Cl)cc2)cc(Cl)c1OCC(N)=O. The molecular weight excluding hydrogens is 443 g/mol. The van der Waals surface area contributed by atoms with E-state index in [9.17, 15) is 9.59 Å². The van der Waals surface area contributed by atoms with E-state index in [0.717, 1.165) is 0 Å². The van der Waals surface area contributed by atoms with Gasteiger partial charge in [0.15, 0.2) is 18.1 Å². The monoisotopic (exact) mass is 460 g/mol. The second kappa shape index (κ2) is 10.1. The summed E-state index contributed by atoms with van der Waals surface area (Å²) in [5.74, 6) is 0.333. The molecule has 0 heterocycles. The number of anilines is 1. The molecule has 0 saturated heterocycles. The summed E-state index contributed by atoms with van der Waals surface area (Å²) in [5, 5.41) is 3.36. The normalized spacial score (nSPS) is 10.3. The number of rotatable bonds is 8.